The highest BCUT2D eigenvalue weighted by atomic mass is 15.1. The second-order valence-electron chi connectivity index (χ2n) is 4.35. The van der Waals surface area contributed by atoms with E-state index in [1.165, 1.54) is 31.6 Å². The molecule has 2 rings (SSSR count). The minimum Gasteiger partial charge on any atom is -0.384 e. The number of hydrogen-bond donors (Lipinski definition) is 1. The fourth-order valence-electron chi connectivity index (χ4n) is 2.18. The summed E-state index contributed by atoms with van der Waals surface area (Å²) in [5, 5.41) is 3.29. The first-order valence-corrected chi connectivity index (χ1v) is 5.42. The Hall–Kier alpha value is -0.830. The zero-order chi connectivity index (χ0) is 9.97. The highest BCUT2D eigenvalue weighted by molar-refractivity contribution is 5.90. The van der Waals surface area contributed by atoms with Gasteiger partial charge in [-0.15, -0.1) is 0 Å². The lowest BCUT2D eigenvalue weighted by atomic mass is 9.91. The molecule has 0 spiro atoms. The van der Waals surface area contributed by atoms with Crippen molar-refractivity contribution in [3.8, 4) is 0 Å². The first kappa shape index (κ1) is 9.71. The van der Waals surface area contributed by atoms with Crippen molar-refractivity contribution < 1.29 is 0 Å². The van der Waals surface area contributed by atoms with E-state index in [1.807, 2.05) is 6.20 Å². The summed E-state index contributed by atoms with van der Waals surface area (Å²) in [6, 6.07) is 0. The third-order valence-electron chi connectivity index (χ3n) is 3.10. The van der Waals surface area contributed by atoms with Crippen molar-refractivity contribution in [3.05, 3.63) is 11.9 Å². The number of piperidine rings is 1. The predicted molar refractivity (Wildman–Crippen MR) is 59.4 cm³/mol. The summed E-state index contributed by atoms with van der Waals surface area (Å²) in [6.07, 6.45) is 4.53. The molecule has 0 radical (unpaired) electrons. The van der Waals surface area contributed by atoms with Gasteiger partial charge >= 0.3 is 0 Å². The van der Waals surface area contributed by atoms with Crippen LogP contribution in [0.5, 0.6) is 0 Å². The smallest absolute Gasteiger partial charge is 0.0532 e. The van der Waals surface area contributed by atoms with E-state index >= 15 is 0 Å². The van der Waals surface area contributed by atoms with E-state index < -0.39 is 0 Å². The molecule has 3 heteroatoms. The minimum atomic E-state index is 0.711. The van der Waals surface area contributed by atoms with Gasteiger partial charge in [0.15, 0.2) is 0 Å². The lowest BCUT2D eigenvalue weighted by Crippen LogP contribution is -2.37. The van der Waals surface area contributed by atoms with Gasteiger partial charge in [0.25, 0.3) is 0 Å². The van der Waals surface area contributed by atoms with Crippen molar-refractivity contribution in [3.63, 3.8) is 0 Å². The van der Waals surface area contributed by atoms with Crippen LogP contribution in [0.1, 0.15) is 19.8 Å². The summed E-state index contributed by atoms with van der Waals surface area (Å²) in [7, 11) is 2.20. The molecule has 0 aromatic heterocycles. The standard InChI is InChI=1S/C11H19N3/c1-9-7-12-8-11(13-9)10-3-5-14(2)6-4-10/h7,10,12H,3-6,8H2,1-2H3. The molecule has 2 aliphatic rings. The molecule has 3 nitrogen and oxygen atoms in total. The maximum atomic E-state index is 4.63. The van der Waals surface area contributed by atoms with Crippen molar-refractivity contribution in [2.45, 2.75) is 19.8 Å². The number of nitrogens with zero attached hydrogens (tertiary/aromatic N) is 2. The zero-order valence-corrected chi connectivity index (χ0v) is 9.08. The van der Waals surface area contributed by atoms with Crippen molar-refractivity contribution in [1.29, 1.82) is 0 Å². The van der Waals surface area contributed by atoms with Gasteiger partial charge < -0.3 is 10.2 Å². The zero-order valence-electron chi connectivity index (χ0n) is 9.08. The Morgan fingerprint density at radius 2 is 2.14 bits per heavy atom. The molecular weight excluding hydrogens is 174 g/mol. The van der Waals surface area contributed by atoms with Gasteiger partial charge in [-0.05, 0) is 39.9 Å². The lowest BCUT2D eigenvalue weighted by Gasteiger charge is -2.30. The molecule has 1 N–H and O–H groups in total. The minimum absolute atomic E-state index is 0.711. The molecular formula is C11H19N3. The number of hydrogen-bond acceptors (Lipinski definition) is 3. The summed E-state index contributed by atoms with van der Waals surface area (Å²) in [6.45, 7) is 5.44. The molecule has 0 aromatic rings. The number of allylic oxidation sites excluding steroid dienone is 1. The molecule has 0 unspecified atom stereocenters. The van der Waals surface area contributed by atoms with Crippen molar-refractivity contribution in [2.75, 3.05) is 26.7 Å². The first-order valence-electron chi connectivity index (χ1n) is 5.42. The SMILES string of the molecule is CC1=CNCC(C2CCN(C)CC2)=N1. The number of aliphatic imine (C=N–C) groups is 1. The second kappa shape index (κ2) is 4.13. The van der Waals surface area contributed by atoms with Crippen LogP contribution >= 0.6 is 0 Å². The first-order chi connectivity index (χ1) is 6.75. The quantitative estimate of drug-likeness (QED) is 0.678. The van der Waals surface area contributed by atoms with Gasteiger partial charge in [-0.25, -0.2) is 0 Å². The van der Waals surface area contributed by atoms with Gasteiger partial charge in [0.05, 0.1) is 12.2 Å². The van der Waals surface area contributed by atoms with Gasteiger partial charge in [0.2, 0.25) is 0 Å². The van der Waals surface area contributed by atoms with E-state index in [2.05, 4.69) is 29.2 Å². The molecule has 0 saturated carbocycles. The van der Waals surface area contributed by atoms with Crippen LogP contribution in [-0.2, 0) is 0 Å². The third kappa shape index (κ3) is 2.15. The van der Waals surface area contributed by atoms with Gasteiger partial charge in [-0.1, -0.05) is 0 Å². The van der Waals surface area contributed by atoms with Gasteiger partial charge in [-0.3, -0.25) is 4.99 Å². The molecule has 0 aliphatic carbocycles. The Kier molecular flexibility index (Phi) is 2.87. The average molecular weight is 193 g/mol. The summed E-state index contributed by atoms with van der Waals surface area (Å²) in [5.41, 5.74) is 2.48. The summed E-state index contributed by atoms with van der Waals surface area (Å²) in [4.78, 5) is 7.03. The molecule has 0 bridgehead atoms. The van der Waals surface area contributed by atoms with Crippen LogP contribution in [0.3, 0.4) is 0 Å². The van der Waals surface area contributed by atoms with Crippen LogP contribution in [0.15, 0.2) is 16.9 Å². The topological polar surface area (TPSA) is 27.6 Å². The van der Waals surface area contributed by atoms with E-state index in [4.69, 9.17) is 0 Å². The number of likely N-dealkylation sites (tertiary alicyclic amines) is 1. The van der Waals surface area contributed by atoms with Crippen molar-refractivity contribution in [1.82, 2.24) is 10.2 Å². The highest BCUT2D eigenvalue weighted by Gasteiger charge is 2.22. The predicted octanol–water partition coefficient (Wildman–Crippen LogP) is 1.23. The fourth-order valence-corrected chi connectivity index (χ4v) is 2.18. The number of nitrogens with one attached hydrogen (secondary N) is 1. The molecule has 0 amide bonds. The molecule has 1 saturated heterocycles. The van der Waals surface area contributed by atoms with E-state index in [9.17, 15) is 0 Å². The van der Waals surface area contributed by atoms with Crippen LogP contribution in [0.25, 0.3) is 0 Å². The molecule has 0 atom stereocenters. The molecule has 78 valence electrons. The highest BCUT2D eigenvalue weighted by Crippen LogP contribution is 2.19. The average Bonchev–Trinajstić information content (AvgIpc) is 2.19. The Labute approximate surface area is 85.9 Å². The molecule has 2 heterocycles. The number of rotatable bonds is 1. The van der Waals surface area contributed by atoms with Gasteiger partial charge in [0, 0.05) is 17.8 Å². The van der Waals surface area contributed by atoms with Gasteiger partial charge in [0.1, 0.15) is 0 Å². The third-order valence-corrected chi connectivity index (χ3v) is 3.10. The van der Waals surface area contributed by atoms with Crippen molar-refractivity contribution >= 4 is 5.71 Å². The Morgan fingerprint density at radius 1 is 1.43 bits per heavy atom. The van der Waals surface area contributed by atoms with E-state index in [0.29, 0.717) is 5.92 Å². The van der Waals surface area contributed by atoms with Gasteiger partial charge in [-0.2, -0.15) is 0 Å². The van der Waals surface area contributed by atoms with Crippen LogP contribution < -0.4 is 5.32 Å². The largest absolute Gasteiger partial charge is 0.384 e. The van der Waals surface area contributed by atoms with Crippen LogP contribution in [-0.4, -0.2) is 37.3 Å². The fraction of sp³-hybridized carbons (Fsp3) is 0.727. The summed E-state index contributed by atoms with van der Waals surface area (Å²) in [5.74, 6) is 0.711. The van der Waals surface area contributed by atoms with E-state index in [1.54, 1.807) is 0 Å². The molecule has 1 fully saturated rings. The monoisotopic (exact) mass is 193 g/mol. The van der Waals surface area contributed by atoms with E-state index in [0.717, 1.165) is 12.2 Å². The summed E-state index contributed by atoms with van der Waals surface area (Å²) >= 11 is 0. The Morgan fingerprint density at radius 3 is 2.79 bits per heavy atom. The molecule has 14 heavy (non-hydrogen) atoms. The molecule has 0 aromatic carbocycles. The van der Waals surface area contributed by atoms with Crippen LogP contribution in [0, 0.1) is 5.92 Å². The Bertz CT molecular complexity index is 260. The van der Waals surface area contributed by atoms with Crippen LogP contribution in [0.2, 0.25) is 0 Å². The Balaban J connectivity index is 1.98. The van der Waals surface area contributed by atoms with Crippen LogP contribution in [0.4, 0.5) is 0 Å². The summed E-state index contributed by atoms with van der Waals surface area (Å²) < 4.78 is 0. The maximum absolute atomic E-state index is 4.63. The van der Waals surface area contributed by atoms with E-state index in [-0.39, 0.29) is 0 Å². The maximum Gasteiger partial charge on any atom is 0.0532 e. The second-order valence-corrected chi connectivity index (χ2v) is 4.35. The lowest BCUT2D eigenvalue weighted by molar-refractivity contribution is 0.251. The molecule has 2 aliphatic heterocycles. The van der Waals surface area contributed by atoms with Crippen molar-refractivity contribution in [2.24, 2.45) is 10.9 Å². The normalized spacial score (nSPS) is 25.3.